The van der Waals surface area contributed by atoms with E-state index in [1.54, 1.807) is 11.4 Å². The number of hydrogen-bond acceptors (Lipinski definition) is 9. The van der Waals surface area contributed by atoms with E-state index in [0.29, 0.717) is 12.8 Å². The van der Waals surface area contributed by atoms with E-state index in [2.05, 4.69) is 20.7 Å². The van der Waals surface area contributed by atoms with Gasteiger partial charge in [-0.3, -0.25) is 10.1 Å². The van der Waals surface area contributed by atoms with E-state index in [4.69, 9.17) is 8.94 Å². The molecule has 1 amide bonds. The Balaban J connectivity index is 1.51. The highest BCUT2D eigenvalue weighted by Crippen LogP contribution is 2.29. The molecule has 0 radical (unpaired) electrons. The van der Waals surface area contributed by atoms with E-state index in [9.17, 15) is 13.2 Å². The second-order valence-electron chi connectivity index (χ2n) is 5.48. The van der Waals surface area contributed by atoms with Gasteiger partial charge in [0.05, 0.1) is 6.20 Å². The largest absolute Gasteiger partial charge is 0.400 e. The van der Waals surface area contributed by atoms with Gasteiger partial charge < -0.3 is 8.94 Å². The van der Waals surface area contributed by atoms with Crippen LogP contribution in [-0.2, 0) is 14.8 Å². The van der Waals surface area contributed by atoms with Crippen LogP contribution in [0.4, 0.5) is 6.01 Å². The van der Waals surface area contributed by atoms with E-state index >= 15 is 0 Å². The molecule has 1 aliphatic heterocycles. The highest BCUT2D eigenvalue weighted by molar-refractivity contribution is 7.91. The van der Waals surface area contributed by atoms with Gasteiger partial charge in [-0.15, -0.1) is 16.4 Å². The van der Waals surface area contributed by atoms with Crippen molar-refractivity contribution in [3.63, 3.8) is 0 Å². The monoisotopic (exact) mass is 395 g/mol. The van der Waals surface area contributed by atoms with Crippen LogP contribution in [0.3, 0.4) is 0 Å². The third-order valence-corrected chi connectivity index (χ3v) is 7.15. The van der Waals surface area contributed by atoms with Crippen molar-refractivity contribution in [1.29, 1.82) is 0 Å². The van der Waals surface area contributed by atoms with Crippen molar-refractivity contribution < 1.29 is 22.2 Å². The van der Waals surface area contributed by atoms with E-state index in [1.165, 1.54) is 22.6 Å². The number of rotatable bonds is 5. The molecule has 26 heavy (non-hydrogen) atoms. The van der Waals surface area contributed by atoms with Crippen molar-refractivity contribution in [3.8, 4) is 11.7 Å². The number of sulfonamides is 1. The number of nitrogens with zero attached hydrogens (tertiary/aromatic N) is 4. The molecule has 0 aliphatic carbocycles. The average molecular weight is 395 g/mol. The van der Waals surface area contributed by atoms with Crippen LogP contribution in [0.25, 0.3) is 11.7 Å². The molecular formula is C14H13N5O5S2. The fourth-order valence-electron chi connectivity index (χ4n) is 2.70. The van der Waals surface area contributed by atoms with Gasteiger partial charge in [0.2, 0.25) is 11.7 Å². The maximum absolute atomic E-state index is 12.7. The van der Waals surface area contributed by atoms with Gasteiger partial charge in [0.15, 0.2) is 0 Å². The molecule has 1 N–H and O–H groups in total. The Kier molecular flexibility index (Phi) is 4.30. The molecule has 4 heterocycles. The molecular weight excluding hydrogens is 382 g/mol. The van der Waals surface area contributed by atoms with Gasteiger partial charge in [0.1, 0.15) is 10.3 Å². The van der Waals surface area contributed by atoms with Gasteiger partial charge >= 0.3 is 6.01 Å². The van der Waals surface area contributed by atoms with E-state index in [-0.39, 0.29) is 28.4 Å². The molecule has 3 aromatic heterocycles. The lowest BCUT2D eigenvalue weighted by Gasteiger charge is -2.21. The Labute approximate surface area is 151 Å². The molecule has 0 spiro atoms. The summed E-state index contributed by atoms with van der Waals surface area (Å²) >= 11 is 1.12. The smallest absolute Gasteiger partial charge is 0.322 e. The van der Waals surface area contributed by atoms with E-state index < -0.39 is 22.0 Å². The average Bonchev–Trinajstić information content (AvgIpc) is 3.42. The number of thiophene rings is 1. The molecule has 4 rings (SSSR count). The summed E-state index contributed by atoms with van der Waals surface area (Å²) < 4.78 is 37.0. The number of aromatic nitrogens is 3. The molecule has 1 atom stereocenters. The molecule has 0 aromatic carbocycles. The van der Waals surface area contributed by atoms with Crippen LogP contribution in [0.1, 0.15) is 12.8 Å². The standard InChI is InChI=1S/C14H13N5O5S2/c20-12(16-14-18-17-13(23-14)10-5-6-15-24-10)9-3-1-7-19(9)26(21,22)11-4-2-8-25-11/h2,4-6,8-9H,1,3,7H2,(H,16,18,20)/t9-/m1/s1. The SMILES string of the molecule is O=C(Nc1nnc(-c2ccno2)o1)[C@H]1CCCN1S(=O)(=O)c1cccs1. The van der Waals surface area contributed by atoms with Crippen molar-refractivity contribution in [1.82, 2.24) is 19.7 Å². The molecule has 136 valence electrons. The molecule has 1 fully saturated rings. The summed E-state index contributed by atoms with van der Waals surface area (Å²) in [5.41, 5.74) is 0. The maximum Gasteiger partial charge on any atom is 0.322 e. The van der Waals surface area contributed by atoms with Crippen molar-refractivity contribution >= 4 is 33.3 Å². The van der Waals surface area contributed by atoms with Crippen LogP contribution in [-0.4, -0.2) is 46.6 Å². The number of hydrogen-bond donors (Lipinski definition) is 1. The minimum absolute atomic E-state index is 0.0623. The first-order chi connectivity index (χ1) is 12.6. The molecule has 3 aromatic rings. The summed E-state index contributed by atoms with van der Waals surface area (Å²) in [6.45, 7) is 0.283. The van der Waals surface area contributed by atoms with Crippen molar-refractivity contribution in [2.24, 2.45) is 0 Å². The summed E-state index contributed by atoms with van der Waals surface area (Å²) in [6, 6.07) is 3.75. The molecule has 0 unspecified atom stereocenters. The summed E-state index contributed by atoms with van der Waals surface area (Å²) in [4.78, 5) is 12.6. The summed E-state index contributed by atoms with van der Waals surface area (Å²) in [5, 5.41) is 15.2. The normalized spacial score (nSPS) is 18.2. The summed E-state index contributed by atoms with van der Waals surface area (Å²) in [7, 11) is -3.71. The zero-order valence-electron chi connectivity index (χ0n) is 13.2. The fourth-order valence-corrected chi connectivity index (χ4v) is 5.48. The van der Waals surface area contributed by atoms with Crippen LogP contribution < -0.4 is 5.32 Å². The first-order valence-electron chi connectivity index (χ1n) is 7.66. The zero-order chi connectivity index (χ0) is 18.1. The number of anilines is 1. The van der Waals surface area contributed by atoms with Gasteiger partial charge in [-0.2, -0.15) is 4.31 Å². The quantitative estimate of drug-likeness (QED) is 0.689. The topological polar surface area (TPSA) is 131 Å². The van der Waals surface area contributed by atoms with Crippen molar-refractivity contribution in [2.75, 3.05) is 11.9 Å². The minimum atomic E-state index is -3.71. The molecule has 1 aliphatic rings. The number of amides is 1. The van der Waals surface area contributed by atoms with Crippen LogP contribution in [0, 0.1) is 0 Å². The summed E-state index contributed by atoms with van der Waals surface area (Å²) in [5.74, 6) is -0.191. The van der Waals surface area contributed by atoms with Crippen LogP contribution in [0.15, 0.2) is 42.9 Å². The first kappa shape index (κ1) is 16.9. The lowest BCUT2D eigenvalue weighted by molar-refractivity contribution is -0.119. The Hall–Kier alpha value is -2.57. The van der Waals surface area contributed by atoms with Crippen molar-refractivity contribution in [2.45, 2.75) is 23.1 Å². The lowest BCUT2D eigenvalue weighted by Crippen LogP contribution is -2.42. The Morgan fingerprint density at radius 2 is 2.23 bits per heavy atom. The van der Waals surface area contributed by atoms with Crippen LogP contribution in [0.5, 0.6) is 0 Å². The predicted molar refractivity (Wildman–Crippen MR) is 89.7 cm³/mol. The molecule has 1 saturated heterocycles. The van der Waals surface area contributed by atoms with Crippen LogP contribution in [0.2, 0.25) is 0 Å². The van der Waals surface area contributed by atoms with Crippen LogP contribution >= 0.6 is 11.3 Å². The minimum Gasteiger partial charge on any atom is -0.400 e. The first-order valence-corrected chi connectivity index (χ1v) is 9.98. The Morgan fingerprint density at radius 1 is 1.35 bits per heavy atom. The van der Waals surface area contributed by atoms with E-state index in [1.807, 2.05) is 0 Å². The van der Waals surface area contributed by atoms with Gasteiger partial charge in [0.25, 0.3) is 15.9 Å². The summed E-state index contributed by atoms with van der Waals surface area (Å²) in [6.07, 6.45) is 2.43. The molecule has 0 bridgehead atoms. The predicted octanol–water partition coefficient (Wildman–Crippen LogP) is 1.58. The van der Waals surface area contributed by atoms with Gasteiger partial charge in [-0.1, -0.05) is 16.3 Å². The fraction of sp³-hybridized carbons (Fsp3) is 0.286. The third kappa shape index (κ3) is 3.02. The van der Waals surface area contributed by atoms with Gasteiger partial charge in [-0.25, -0.2) is 8.42 Å². The molecule has 12 heteroatoms. The Morgan fingerprint density at radius 3 is 2.96 bits per heavy atom. The zero-order valence-corrected chi connectivity index (χ0v) is 14.9. The van der Waals surface area contributed by atoms with Gasteiger partial charge in [0, 0.05) is 12.6 Å². The number of carbonyl (C=O) groups excluding carboxylic acids is 1. The Bertz CT molecular complexity index is 997. The highest BCUT2D eigenvalue weighted by Gasteiger charge is 2.40. The lowest BCUT2D eigenvalue weighted by atomic mass is 10.2. The van der Waals surface area contributed by atoms with Crippen molar-refractivity contribution in [3.05, 3.63) is 29.8 Å². The second-order valence-corrected chi connectivity index (χ2v) is 8.55. The van der Waals surface area contributed by atoms with Gasteiger partial charge in [-0.05, 0) is 24.3 Å². The van der Waals surface area contributed by atoms with E-state index in [0.717, 1.165) is 11.3 Å². The third-order valence-electron chi connectivity index (χ3n) is 3.87. The number of carbonyl (C=O) groups is 1. The second kappa shape index (κ2) is 6.63. The maximum atomic E-state index is 12.7. The molecule has 0 saturated carbocycles. The highest BCUT2D eigenvalue weighted by atomic mass is 32.2. The number of nitrogens with one attached hydrogen (secondary N) is 1. The molecule has 10 nitrogen and oxygen atoms in total.